The number of aromatic amines is 1. The highest BCUT2D eigenvalue weighted by Crippen LogP contribution is 2.22. The van der Waals surface area contributed by atoms with E-state index in [1.54, 1.807) is 6.20 Å². The second-order valence-electron chi connectivity index (χ2n) is 4.18. The normalized spacial score (nSPS) is 10.8. The van der Waals surface area contributed by atoms with Gasteiger partial charge >= 0.3 is 0 Å². The summed E-state index contributed by atoms with van der Waals surface area (Å²) < 4.78 is 0. The highest BCUT2D eigenvalue weighted by Gasteiger charge is 2.05. The number of rotatable bonds is 4. The maximum Gasteiger partial charge on any atom is 0.143 e. The highest BCUT2D eigenvalue weighted by molar-refractivity contribution is 5.88. The van der Waals surface area contributed by atoms with Crippen molar-refractivity contribution in [2.24, 2.45) is 0 Å². The van der Waals surface area contributed by atoms with Crippen LogP contribution in [0.1, 0.15) is 5.56 Å². The number of hydrogen-bond acceptors (Lipinski definition) is 4. The third-order valence-corrected chi connectivity index (χ3v) is 2.86. The summed E-state index contributed by atoms with van der Waals surface area (Å²) >= 11 is 0. The van der Waals surface area contributed by atoms with Crippen LogP contribution >= 0.6 is 0 Å². The first-order valence-electron chi connectivity index (χ1n) is 6.03. The number of nitrogens with zero attached hydrogens (tertiary/aromatic N) is 2. The van der Waals surface area contributed by atoms with Crippen molar-refractivity contribution < 1.29 is 5.11 Å². The molecule has 0 fully saturated rings. The van der Waals surface area contributed by atoms with E-state index in [9.17, 15) is 0 Å². The van der Waals surface area contributed by atoms with Crippen LogP contribution in [0.4, 0.5) is 11.5 Å². The molecule has 0 saturated heterocycles. The zero-order valence-electron chi connectivity index (χ0n) is 10.2. The molecule has 0 bridgehead atoms. The molecular formula is C14H13N4O. The fraction of sp³-hybridized carbons (Fsp3) is 0.143. The van der Waals surface area contributed by atoms with Gasteiger partial charge in [0.05, 0.1) is 5.39 Å². The Morgan fingerprint density at radius 1 is 1.32 bits per heavy atom. The number of nitrogens with one attached hydrogen (secondary N) is 2. The van der Waals surface area contributed by atoms with Crippen LogP contribution in [0, 0.1) is 6.07 Å². The third-order valence-electron chi connectivity index (χ3n) is 2.86. The summed E-state index contributed by atoms with van der Waals surface area (Å²) in [5.74, 6) is 0.715. The zero-order valence-corrected chi connectivity index (χ0v) is 10.2. The summed E-state index contributed by atoms with van der Waals surface area (Å²) in [4.78, 5) is 11.3. The van der Waals surface area contributed by atoms with Crippen LogP contribution in [0.25, 0.3) is 11.0 Å². The number of anilines is 2. The molecule has 2 heterocycles. The Morgan fingerprint density at radius 3 is 3.16 bits per heavy atom. The fourth-order valence-electron chi connectivity index (χ4n) is 1.97. The first-order valence-corrected chi connectivity index (χ1v) is 6.03. The quantitative estimate of drug-likeness (QED) is 0.665. The summed E-state index contributed by atoms with van der Waals surface area (Å²) in [5, 5.41) is 13.0. The van der Waals surface area contributed by atoms with E-state index in [0.717, 1.165) is 22.3 Å². The Morgan fingerprint density at radius 2 is 2.26 bits per heavy atom. The summed E-state index contributed by atoms with van der Waals surface area (Å²) in [6.07, 6.45) is 3.87. The molecule has 0 amide bonds. The molecule has 19 heavy (non-hydrogen) atoms. The second-order valence-corrected chi connectivity index (χ2v) is 4.18. The number of aliphatic hydroxyl groups is 1. The van der Waals surface area contributed by atoms with E-state index in [1.165, 1.54) is 6.33 Å². The molecule has 5 nitrogen and oxygen atoms in total. The molecule has 95 valence electrons. The van der Waals surface area contributed by atoms with Gasteiger partial charge in [0.15, 0.2) is 0 Å². The topological polar surface area (TPSA) is 73.8 Å². The van der Waals surface area contributed by atoms with Crippen LogP contribution in [-0.2, 0) is 6.42 Å². The molecule has 5 heteroatoms. The Balaban J connectivity index is 1.92. The number of fused-ring (bicyclic) bond motifs is 1. The van der Waals surface area contributed by atoms with Gasteiger partial charge < -0.3 is 15.4 Å². The van der Waals surface area contributed by atoms with Crippen molar-refractivity contribution in [1.82, 2.24) is 15.0 Å². The lowest BCUT2D eigenvalue weighted by atomic mass is 10.1. The van der Waals surface area contributed by atoms with Crippen molar-refractivity contribution in [2.75, 3.05) is 11.9 Å². The molecule has 0 spiro atoms. The molecule has 3 aromatic rings. The van der Waals surface area contributed by atoms with Crippen molar-refractivity contribution in [2.45, 2.75) is 6.42 Å². The van der Waals surface area contributed by atoms with Crippen molar-refractivity contribution in [1.29, 1.82) is 0 Å². The van der Waals surface area contributed by atoms with E-state index in [-0.39, 0.29) is 6.61 Å². The molecule has 0 unspecified atom stereocenters. The van der Waals surface area contributed by atoms with Gasteiger partial charge in [0.2, 0.25) is 0 Å². The van der Waals surface area contributed by atoms with Crippen LogP contribution < -0.4 is 5.32 Å². The maximum absolute atomic E-state index is 8.96. The van der Waals surface area contributed by atoms with E-state index in [4.69, 9.17) is 5.11 Å². The minimum absolute atomic E-state index is 0.146. The van der Waals surface area contributed by atoms with Gasteiger partial charge in [-0.15, -0.1) is 0 Å². The van der Waals surface area contributed by atoms with Crippen molar-refractivity contribution in [3.8, 4) is 0 Å². The molecule has 1 aromatic carbocycles. The number of H-pyrrole nitrogens is 1. The van der Waals surface area contributed by atoms with Crippen LogP contribution in [-0.4, -0.2) is 26.7 Å². The fourth-order valence-corrected chi connectivity index (χ4v) is 1.97. The van der Waals surface area contributed by atoms with Crippen LogP contribution in [0.2, 0.25) is 0 Å². The van der Waals surface area contributed by atoms with Gasteiger partial charge in [0, 0.05) is 24.6 Å². The lowest BCUT2D eigenvalue weighted by molar-refractivity contribution is 0.299. The average molecular weight is 253 g/mol. The SMILES string of the molecule is OCCc1cccc(Nc2ncnc3[nH]c[c]c23)c1. The molecule has 0 aliphatic rings. The molecule has 0 aliphatic heterocycles. The van der Waals surface area contributed by atoms with Gasteiger partial charge in [0.1, 0.15) is 17.8 Å². The smallest absolute Gasteiger partial charge is 0.143 e. The van der Waals surface area contributed by atoms with Gasteiger partial charge in [-0.1, -0.05) is 12.1 Å². The lowest BCUT2D eigenvalue weighted by Crippen LogP contribution is -1.97. The molecule has 0 atom stereocenters. The van der Waals surface area contributed by atoms with Gasteiger partial charge in [-0.25, -0.2) is 9.97 Å². The molecule has 0 aliphatic carbocycles. The van der Waals surface area contributed by atoms with E-state index in [0.29, 0.717) is 12.2 Å². The molecule has 3 N–H and O–H groups in total. The molecular weight excluding hydrogens is 240 g/mol. The minimum Gasteiger partial charge on any atom is -0.396 e. The predicted molar refractivity (Wildman–Crippen MR) is 73.2 cm³/mol. The lowest BCUT2D eigenvalue weighted by Gasteiger charge is -2.07. The van der Waals surface area contributed by atoms with Crippen molar-refractivity contribution >= 4 is 22.5 Å². The number of aliphatic hydroxyl groups excluding tert-OH is 1. The first kappa shape index (κ1) is 11.7. The van der Waals surface area contributed by atoms with Gasteiger partial charge in [-0.3, -0.25) is 0 Å². The van der Waals surface area contributed by atoms with Gasteiger partial charge in [0.25, 0.3) is 0 Å². The van der Waals surface area contributed by atoms with Crippen LogP contribution in [0.5, 0.6) is 0 Å². The van der Waals surface area contributed by atoms with E-state index < -0.39 is 0 Å². The first-order chi connectivity index (χ1) is 9.36. The number of hydrogen-bond donors (Lipinski definition) is 3. The molecule has 3 rings (SSSR count). The van der Waals surface area contributed by atoms with Gasteiger partial charge in [-0.05, 0) is 24.1 Å². The largest absolute Gasteiger partial charge is 0.396 e. The Bertz CT molecular complexity index is 692. The summed E-state index contributed by atoms with van der Waals surface area (Å²) in [6, 6.07) is 11.0. The minimum atomic E-state index is 0.146. The average Bonchev–Trinajstić information content (AvgIpc) is 2.89. The Kier molecular flexibility index (Phi) is 3.12. The summed E-state index contributed by atoms with van der Waals surface area (Å²) in [6.45, 7) is 0.146. The molecule has 0 saturated carbocycles. The highest BCUT2D eigenvalue weighted by atomic mass is 16.2. The van der Waals surface area contributed by atoms with E-state index in [2.05, 4.69) is 26.3 Å². The molecule has 1 radical (unpaired) electrons. The monoisotopic (exact) mass is 253 g/mol. The Hall–Kier alpha value is -2.40. The van der Waals surface area contributed by atoms with E-state index >= 15 is 0 Å². The van der Waals surface area contributed by atoms with Crippen molar-refractivity contribution in [3.05, 3.63) is 48.4 Å². The predicted octanol–water partition coefficient (Wildman–Crippen LogP) is 2.04. The second kappa shape index (κ2) is 5.07. The van der Waals surface area contributed by atoms with Gasteiger partial charge in [-0.2, -0.15) is 0 Å². The summed E-state index contributed by atoms with van der Waals surface area (Å²) in [5.41, 5.74) is 2.76. The molecule has 2 aromatic heterocycles. The van der Waals surface area contributed by atoms with E-state index in [1.807, 2.05) is 24.3 Å². The maximum atomic E-state index is 8.96. The number of aromatic nitrogens is 3. The number of benzene rings is 1. The van der Waals surface area contributed by atoms with Crippen LogP contribution in [0.15, 0.2) is 36.8 Å². The summed E-state index contributed by atoms with van der Waals surface area (Å²) in [7, 11) is 0. The standard InChI is InChI=1S/C14H13N4O/c19-7-5-10-2-1-3-11(8-10)18-14-12-4-6-15-13(12)16-9-17-14/h1-3,6,8-9,19H,5,7H2,(H2,15,16,17,18). The zero-order chi connectivity index (χ0) is 13.1. The third kappa shape index (κ3) is 2.41. The Labute approximate surface area is 110 Å². The van der Waals surface area contributed by atoms with Crippen LogP contribution in [0.3, 0.4) is 0 Å². The van der Waals surface area contributed by atoms with Crippen molar-refractivity contribution in [3.63, 3.8) is 0 Å².